The van der Waals surface area contributed by atoms with Crippen LogP contribution in [0.5, 0.6) is 0 Å². The van der Waals surface area contributed by atoms with Crippen LogP contribution in [0.4, 0.5) is 0 Å². The Labute approximate surface area is 165 Å². The summed E-state index contributed by atoms with van der Waals surface area (Å²) >= 11 is 0. The predicted octanol–water partition coefficient (Wildman–Crippen LogP) is 2.35. The minimum absolute atomic E-state index is 0.106. The standard InChI is InChI=1S/C22H27N5O/c28-22(19-9-15-3-1-2-4-16(15)10-23-19)27-11-17(13-5-6-13)18(12-27)21-24-20(25-26-21)14-7-8-14/h1-4,13-14,17-19,23H,5-12H2,(H,24,25,26)/t17-,18+,19+/m0/s1. The number of hydrogen-bond acceptors (Lipinski definition) is 4. The Balaban J connectivity index is 1.20. The monoisotopic (exact) mass is 377 g/mol. The summed E-state index contributed by atoms with van der Waals surface area (Å²) in [5.41, 5.74) is 2.62. The Hall–Kier alpha value is -2.21. The quantitative estimate of drug-likeness (QED) is 0.858. The number of likely N-dealkylation sites (tertiary alicyclic amines) is 1. The molecule has 2 aliphatic carbocycles. The maximum absolute atomic E-state index is 13.3. The van der Waals surface area contributed by atoms with Crippen LogP contribution >= 0.6 is 0 Å². The lowest BCUT2D eigenvalue weighted by atomic mass is 9.91. The number of aromatic amines is 1. The fraction of sp³-hybridized carbons (Fsp3) is 0.591. The highest BCUT2D eigenvalue weighted by Gasteiger charge is 2.47. The number of aromatic nitrogens is 3. The minimum atomic E-state index is -0.106. The Bertz CT molecular complexity index is 900. The second-order valence-corrected chi connectivity index (χ2v) is 9.11. The number of nitrogens with one attached hydrogen (secondary N) is 2. The third-order valence-corrected chi connectivity index (χ3v) is 7.10. The van der Waals surface area contributed by atoms with E-state index in [9.17, 15) is 4.79 Å². The Morgan fingerprint density at radius 3 is 2.68 bits per heavy atom. The van der Waals surface area contributed by atoms with Crippen LogP contribution < -0.4 is 5.32 Å². The molecule has 4 aliphatic rings. The maximum Gasteiger partial charge on any atom is 0.240 e. The first kappa shape index (κ1) is 16.7. The minimum Gasteiger partial charge on any atom is -0.340 e. The van der Waals surface area contributed by atoms with E-state index in [4.69, 9.17) is 4.98 Å². The zero-order valence-corrected chi connectivity index (χ0v) is 16.1. The van der Waals surface area contributed by atoms with Crippen molar-refractivity contribution >= 4 is 5.91 Å². The van der Waals surface area contributed by atoms with Crippen molar-refractivity contribution in [2.75, 3.05) is 13.1 Å². The van der Waals surface area contributed by atoms with Crippen molar-refractivity contribution in [1.82, 2.24) is 25.4 Å². The molecule has 146 valence electrons. The van der Waals surface area contributed by atoms with Gasteiger partial charge in [0, 0.05) is 31.5 Å². The molecule has 2 saturated carbocycles. The summed E-state index contributed by atoms with van der Waals surface area (Å²) in [6, 6.07) is 8.35. The number of carbonyl (C=O) groups excluding carboxylic acids is 1. The van der Waals surface area contributed by atoms with Crippen molar-refractivity contribution < 1.29 is 4.79 Å². The lowest BCUT2D eigenvalue weighted by Gasteiger charge is -2.29. The van der Waals surface area contributed by atoms with E-state index in [0.29, 0.717) is 17.8 Å². The van der Waals surface area contributed by atoms with Gasteiger partial charge in [0.2, 0.25) is 5.91 Å². The summed E-state index contributed by atoms with van der Waals surface area (Å²) in [5, 5.41) is 11.2. The van der Waals surface area contributed by atoms with Gasteiger partial charge in [0.15, 0.2) is 5.82 Å². The molecule has 0 radical (unpaired) electrons. The number of amides is 1. The molecule has 0 spiro atoms. The van der Waals surface area contributed by atoms with Gasteiger partial charge >= 0.3 is 0 Å². The van der Waals surface area contributed by atoms with Crippen LogP contribution in [0.2, 0.25) is 0 Å². The molecule has 6 heteroatoms. The molecule has 6 nitrogen and oxygen atoms in total. The highest BCUT2D eigenvalue weighted by molar-refractivity contribution is 5.83. The summed E-state index contributed by atoms with van der Waals surface area (Å²) in [6.07, 6.45) is 5.81. The van der Waals surface area contributed by atoms with Crippen molar-refractivity contribution in [3.05, 3.63) is 47.0 Å². The fourth-order valence-corrected chi connectivity index (χ4v) is 5.13. The van der Waals surface area contributed by atoms with Gasteiger partial charge in [-0.1, -0.05) is 24.3 Å². The van der Waals surface area contributed by atoms with Gasteiger partial charge in [0.25, 0.3) is 0 Å². The lowest BCUT2D eigenvalue weighted by molar-refractivity contribution is -0.132. The molecular weight excluding hydrogens is 350 g/mol. The van der Waals surface area contributed by atoms with Gasteiger partial charge in [-0.05, 0) is 55.1 Å². The van der Waals surface area contributed by atoms with Crippen molar-refractivity contribution in [2.24, 2.45) is 11.8 Å². The summed E-state index contributed by atoms with van der Waals surface area (Å²) in [5.74, 6) is 4.40. The van der Waals surface area contributed by atoms with E-state index in [0.717, 1.165) is 43.6 Å². The second kappa shape index (κ2) is 6.41. The lowest BCUT2D eigenvalue weighted by Crippen LogP contribution is -2.48. The molecule has 0 bridgehead atoms. The molecular formula is C22H27N5O. The largest absolute Gasteiger partial charge is 0.340 e. The summed E-state index contributed by atoms with van der Waals surface area (Å²) < 4.78 is 0. The van der Waals surface area contributed by atoms with E-state index in [-0.39, 0.29) is 11.9 Å². The molecule has 2 aromatic rings. The second-order valence-electron chi connectivity index (χ2n) is 9.11. The van der Waals surface area contributed by atoms with E-state index in [1.54, 1.807) is 0 Å². The van der Waals surface area contributed by atoms with Gasteiger partial charge < -0.3 is 10.2 Å². The number of hydrogen-bond donors (Lipinski definition) is 2. The molecule has 6 rings (SSSR count). The van der Waals surface area contributed by atoms with E-state index in [2.05, 4.69) is 44.7 Å². The van der Waals surface area contributed by atoms with Gasteiger partial charge in [-0.25, -0.2) is 4.98 Å². The van der Waals surface area contributed by atoms with Gasteiger partial charge in [0.05, 0.1) is 6.04 Å². The molecule has 0 unspecified atom stereocenters. The number of benzene rings is 1. The number of carbonyl (C=O) groups is 1. The summed E-state index contributed by atoms with van der Waals surface area (Å²) in [7, 11) is 0. The van der Waals surface area contributed by atoms with Gasteiger partial charge in [-0.2, -0.15) is 5.10 Å². The summed E-state index contributed by atoms with van der Waals surface area (Å²) in [6.45, 7) is 2.43. The van der Waals surface area contributed by atoms with E-state index >= 15 is 0 Å². The molecule has 2 aliphatic heterocycles. The average Bonchev–Trinajstić information content (AvgIpc) is 3.67. The highest BCUT2D eigenvalue weighted by atomic mass is 16.2. The number of rotatable bonds is 4. The third-order valence-electron chi connectivity index (χ3n) is 7.10. The third kappa shape index (κ3) is 2.94. The molecule has 1 amide bonds. The molecule has 1 saturated heterocycles. The van der Waals surface area contributed by atoms with Crippen LogP contribution in [0.3, 0.4) is 0 Å². The zero-order chi connectivity index (χ0) is 18.7. The van der Waals surface area contributed by atoms with Crippen molar-refractivity contribution in [2.45, 2.75) is 56.5 Å². The Morgan fingerprint density at radius 2 is 1.89 bits per heavy atom. The normalized spacial score (nSPS) is 29.7. The summed E-state index contributed by atoms with van der Waals surface area (Å²) in [4.78, 5) is 20.2. The molecule has 3 fully saturated rings. The zero-order valence-electron chi connectivity index (χ0n) is 16.1. The number of fused-ring (bicyclic) bond motifs is 1. The van der Waals surface area contributed by atoms with Crippen LogP contribution in [0.15, 0.2) is 24.3 Å². The smallest absolute Gasteiger partial charge is 0.240 e. The van der Waals surface area contributed by atoms with Gasteiger partial charge in [0.1, 0.15) is 5.82 Å². The average molecular weight is 377 g/mol. The molecule has 3 atom stereocenters. The topological polar surface area (TPSA) is 73.9 Å². The fourth-order valence-electron chi connectivity index (χ4n) is 5.13. The first-order valence-electron chi connectivity index (χ1n) is 10.8. The molecule has 1 aromatic heterocycles. The maximum atomic E-state index is 13.3. The molecule has 2 N–H and O–H groups in total. The predicted molar refractivity (Wildman–Crippen MR) is 105 cm³/mol. The molecule has 3 heterocycles. The highest BCUT2D eigenvalue weighted by Crippen LogP contribution is 2.47. The number of nitrogens with zero attached hydrogens (tertiary/aromatic N) is 3. The van der Waals surface area contributed by atoms with Crippen LogP contribution in [0, 0.1) is 11.8 Å². The van der Waals surface area contributed by atoms with Crippen LogP contribution in [0.1, 0.15) is 60.3 Å². The van der Waals surface area contributed by atoms with E-state index < -0.39 is 0 Å². The van der Waals surface area contributed by atoms with Gasteiger partial charge in [-0.15, -0.1) is 0 Å². The molecule has 1 aromatic carbocycles. The number of H-pyrrole nitrogens is 1. The van der Waals surface area contributed by atoms with E-state index in [1.165, 1.54) is 36.8 Å². The van der Waals surface area contributed by atoms with Crippen molar-refractivity contribution in [3.63, 3.8) is 0 Å². The van der Waals surface area contributed by atoms with E-state index in [1.807, 2.05) is 0 Å². The van der Waals surface area contributed by atoms with Crippen molar-refractivity contribution in [1.29, 1.82) is 0 Å². The SMILES string of the molecule is O=C([C@H]1Cc2ccccc2CN1)N1C[C@@H](c2nc(C3CC3)n[nH]2)[C@H](C2CC2)C1. The Morgan fingerprint density at radius 1 is 1.07 bits per heavy atom. The first-order chi connectivity index (χ1) is 13.8. The van der Waals surface area contributed by atoms with Crippen LogP contribution in [-0.4, -0.2) is 45.1 Å². The Kier molecular flexibility index (Phi) is 3.83. The van der Waals surface area contributed by atoms with Gasteiger partial charge in [-0.3, -0.25) is 9.89 Å². The van der Waals surface area contributed by atoms with Crippen molar-refractivity contribution in [3.8, 4) is 0 Å². The first-order valence-corrected chi connectivity index (χ1v) is 10.8. The van der Waals surface area contributed by atoms with Crippen LogP contribution in [0.25, 0.3) is 0 Å². The molecule has 28 heavy (non-hydrogen) atoms. The van der Waals surface area contributed by atoms with Crippen LogP contribution in [-0.2, 0) is 17.8 Å².